The summed E-state index contributed by atoms with van der Waals surface area (Å²) in [6, 6.07) is 0. The number of carbonyl (C=O) groups excluding carboxylic acids is 1. The highest BCUT2D eigenvalue weighted by Gasteiger charge is 2.16. The van der Waals surface area contributed by atoms with Gasteiger partial charge in [-0.3, -0.25) is 4.90 Å². The van der Waals surface area contributed by atoms with E-state index in [2.05, 4.69) is 17.4 Å². The molecule has 0 atom stereocenters. The number of hydrogen-bond donors (Lipinski definition) is 0. The molecule has 0 N–H and O–H groups in total. The monoisotopic (exact) mass is 264 g/mol. The van der Waals surface area contributed by atoms with Gasteiger partial charge in [0, 0.05) is 31.9 Å². The van der Waals surface area contributed by atoms with Crippen LogP contribution in [0.5, 0.6) is 0 Å². The maximum Gasteiger partial charge on any atom is 0.137 e. The van der Waals surface area contributed by atoms with Crippen LogP contribution in [0.3, 0.4) is 0 Å². The predicted molar refractivity (Wildman–Crippen MR) is 69.7 cm³/mol. The van der Waals surface area contributed by atoms with E-state index in [1.807, 2.05) is 10.8 Å². The first-order valence-corrected chi connectivity index (χ1v) is 9.03. The minimum Gasteiger partial charge on any atom is -0.530 e. The van der Waals surface area contributed by atoms with Crippen molar-refractivity contribution in [1.29, 1.82) is 0 Å². The number of piperazine rings is 1. The van der Waals surface area contributed by atoms with Gasteiger partial charge in [0.15, 0.2) is 0 Å². The standard InChI is InChI=1S/C10H20N2O2S2/c1-16(2)15-9-3-4-11-5-7-12(8-6-11)10(13)14/h3-9H2,1-2H3. The second-order valence-electron chi connectivity index (χ2n) is 4.01. The molecule has 0 radical (unpaired) electrons. The van der Waals surface area contributed by atoms with Gasteiger partial charge in [0.05, 0.1) is 20.7 Å². The number of rotatable bonds is 5. The molecule has 0 spiro atoms. The van der Waals surface area contributed by atoms with E-state index in [4.69, 9.17) is 0 Å². The number of amides is 1. The zero-order chi connectivity index (χ0) is 12.0. The SMILES string of the molecule is C[S+](C)SCCCN1CCN(C(=O)[O-])CC1. The molecule has 94 valence electrons. The lowest BCUT2D eigenvalue weighted by Gasteiger charge is -2.36. The molecule has 1 rings (SSSR count). The Hall–Kier alpha value is -0.0700. The molecule has 1 amide bonds. The largest absolute Gasteiger partial charge is 0.530 e. The van der Waals surface area contributed by atoms with Crippen molar-refractivity contribution in [3.8, 4) is 0 Å². The smallest absolute Gasteiger partial charge is 0.137 e. The van der Waals surface area contributed by atoms with Crippen LogP contribution in [-0.4, -0.2) is 66.9 Å². The Labute approximate surface area is 104 Å². The highest BCUT2D eigenvalue weighted by molar-refractivity contribution is 8.73. The summed E-state index contributed by atoms with van der Waals surface area (Å²) in [5, 5.41) is 10.6. The van der Waals surface area contributed by atoms with Gasteiger partial charge in [-0.15, -0.1) is 0 Å². The first kappa shape index (κ1) is 14.0. The summed E-state index contributed by atoms with van der Waals surface area (Å²) in [4.78, 5) is 14.3. The third kappa shape index (κ3) is 5.32. The maximum absolute atomic E-state index is 10.6. The van der Waals surface area contributed by atoms with Crippen LogP contribution in [0, 0.1) is 0 Å². The van der Waals surface area contributed by atoms with Crippen LogP contribution >= 0.6 is 10.8 Å². The van der Waals surface area contributed by atoms with E-state index in [0.29, 0.717) is 23.0 Å². The third-order valence-electron chi connectivity index (χ3n) is 2.57. The minimum absolute atomic E-state index is 0.470. The van der Waals surface area contributed by atoms with E-state index in [9.17, 15) is 9.90 Å². The average Bonchev–Trinajstić information content (AvgIpc) is 2.25. The van der Waals surface area contributed by atoms with Gasteiger partial charge < -0.3 is 14.8 Å². The summed E-state index contributed by atoms with van der Waals surface area (Å²) >= 11 is 0. The van der Waals surface area contributed by atoms with E-state index in [1.165, 1.54) is 17.1 Å². The lowest BCUT2D eigenvalue weighted by Crippen LogP contribution is -2.52. The van der Waals surface area contributed by atoms with Gasteiger partial charge in [0.1, 0.15) is 18.6 Å². The van der Waals surface area contributed by atoms with Crippen molar-refractivity contribution >= 4 is 26.8 Å². The first-order valence-electron chi connectivity index (χ1n) is 5.48. The van der Waals surface area contributed by atoms with Gasteiger partial charge >= 0.3 is 0 Å². The van der Waals surface area contributed by atoms with E-state index < -0.39 is 6.09 Å². The van der Waals surface area contributed by atoms with Gasteiger partial charge in [0.25, 0.3) is 0 Å². The van der Waals surface area contributed by atoms with Crippen LogP contribution in [-0.2, 0) is 9.93 Å². The topological polar surface area (TPSA) is 46.6 Å². The van der Waals surface area contributed by atoms with Crippen molar-refractivity contribution in [2.45, 2.75) is 6.42 Å². The van der Waals surface area contributed by atoms with Crippen molar-refractivity contribution < 1.29 is 9.90 Å². The summed E-state index contributed by atoms with van der Waals surface area (Å²) in [5.74, 6) is 1.21. The molecule has 4 nitrogen and oxygen atoms in total. The van der Waals surface area contributed by atoms with E-state index in [0.717, 1.165) is 19.6 Å². The molecule has 0 saturated carbocycles. The van der Waals surface area contributed by atoms with Gasteiger partial charge in [-0.2, -0.15) is 0 Å². The van der Waals surface area contributed by atoms with Crippen LogP contribution in [0.4, 0.5) is 4.79 Å². The highest BCUT2D eigenvalue weighted by atomic mass is 33.1. The fourth-order valence-corrected chi connectivity index (χ4v) is 3.60. The number of carboxylic acid groups (broad SMARTS) is 1. The van der Waals surface area contributed by atoms with E-state index >= 15 is 0 Å². The van der Waals surface area contributed by atoms with Crippen molar-refractivity contribution in [1.82, 2.24) is 9.80 Å². The zero-order valence-corrected chi connectivity index (χ0v) is 11.6. The summed E-state index contributed by atoms with van der Waals surface area (Å²) in [7, 11) is 2.48. The Bertz CT molecular complexity index is 219. The summed E-state index contributed by atoms with van der Waals surface area (Å²) in [6.45, 7) is 3.99. The predicted octanol–water partition coefficient (Wildman–Crippen LogP) is -0.136. The molecule has 1 aliphatic heterocycles. The number of nitrogens with zero attached hydrogens (tertiary/aromatic N) is 2. The highest BCUT2D eigenvalue weighted by Crippen LogP contribution is 2.12. The summed E-state index contributed by atoms with van der Waals surface area (Å²) in [5.41, 5.74) is 0. The molecular weight excluding hydrogens is 244 g/mol. The Balaban J connectivity index is 2.06. The molecule has 0 aliphatic carbocycles. The number of carbonyl (C=O) groups is 1. The molecule has 1 saturated heterocycles. The first-order chi connectivity index (χ1) is 7.59. The lowest BCUT2D eigenvalue weighted by molar-refractivity contribution is -0.266. The Morgan fingerprint density at radius 1 is 1.31 bits per heavy atom. The molecule has 0 aromatic carbocycles. The van der Waals surface area contributed by atoms with Crippen LogP contribution < -0.4 is 5.11 Å². The Morgan fingerprint density at radius 3 is 2.44 bits per heavy atom. The van der Waals surface area contributed by atoms with Crippen molar-refractivity contribution in [3.63, 3.8) is 0 Å². The Kier molecular flexibility index (Phi) is 6.38. The van der Waals surface area contributed by atoms with Gasteiger partial charge in [-0.05, 0) is 13.0 Å². The zero-order valence-electron chi connectivity index (χ0n) is 9.98. The molecule has 0 unspecified atom stereocenters. The quantitative estimate of drug-likeness (QED) is 0.394. The average molecular weight is 264 g/mol. The normalized spacial score (nSPS) is 18.1. The van der Waals surface area contributed by atoms with Gasteiger partial charge in [0.2, 0.25) is 0 Å². The fraction of sp³-hybridized carbons (Fsp3) is 0.900. The summed E-state index contributed by atoms with van der Waals surface area (Å²) < 4.78 is 0. The van der Waals surface area contributed by atoms with Crippen LogP contribution in [0.15, 0.2) is 0 Å². The lowest BCUT2D eigenvalue weighted by atomic mass is 10.3. The van der Waals surface area contributed by atoms with Crippen LogP contribution in [0.25, 0.3) is 0 Å². The fourth-order valence-electron chi connectivity index (χ4n) is 1.67. The third-order valence-corrected chi connectivity index (χ3v) is 5.41. The summed E-state index contributed by atoms with van der Waals surface area (Å²) in [6.07, 6.45) is 4.64. The van der Waals surface area contributed by atoms with E-state index in [-0.39, 0.29) is 0 Å². The Morgan fingerprint density at radius 2 is 1.94 bits per heavy atom. The van der Waals surface area contributed by atoms with Crippen molar-refractivity contribution in [2.24, 2.45) is 0 Å². The van der Waals surface area contributed by atoms with Crippen molar-refractivity contribution in [3.05, 3.63) is 0 Å². The minimum atomic E-state index is -1.03. The van der Waals surface area contributed by atoms with Gasteiger partial charge in [-0.1, -0.05) is 0 Å². The molecule has 0 bridgehead atoms. The molecule has 0 aromatic rings. The molecule has 6 heteroatoms. The van der Waals surface area contributed by atoms with Crippen molar-refractivity contribution in [2.75, 3.05) is 51.0 Å². The van der Waals surface area contributed by atoms with Crippen LogP contribution in [0.1, 0.15) is 6.42 Å². The van der Waals surface area contributed by atoms with E-state index in [1.54, 1.807) is 0 Å². The van der Waals surface area contributed by atoms with Gasteiger partial charge in [-0.25, -0.2) is 0 Å². The second kappa shape index (κ2) is 7.29. The molecular formula is C10H20N2O2S2. The molecule has 1 aliphatic rings. The molecule has 16 heavy (non-hydrogen) atoms. The molecule has 0 aromatic heterocycles. The maximum atomic E-state index is 10.6. The molecule has 1 heterocycles. The van der Waals surface area contributed by atoms with Crippen LogP contribution in [0.2, 0.25) is 0 Å². The second-order valence-corrected chi connectivity index (χ2v) is 8.85. The molecule has 1 fully saturated rings. The number of hydrogen-bond acceptors (Lipinski definition) is 4.